The fourth-order valence-corrected chi connectivity index (χ4v) is 4.72. The number of ether oxygens (including phenoxy) is 4. The molecule has 210 valence electrons. The molecular formula is C28H38O10. The Morgan fingerprint density at radius 1 is 1.03 bits per heavy atom. The fourth-order valence-electron chi connectivity index (χ4n) is 4.72. The number of aliphatic hydroxyl groups excluding tert-OH is 2. The highest BCUT2D eigenvalue weighted by Crippen LogP contribution is 2.38. The van der Waals surface area contributed by atoms with Gasteiger partial charge in [-0.05, 0) is 13.0 Å². The molecule has 0 aromatic rings. The number of esters is 1. The van der Waals surface area contributed by atoms with Gasteiger partial charge in [-0.15, -0.1) is 0 Å². The van der Waals surface area contributed by atoms with Crippen LogP contribution in [0.15, 0.2) is 60.8 Å². The quantitative estimate of drug-likeness (QED) is 0.305. The number of carboxylic acid groups (broad SMARTS) is 1. The molecule has 0 aromatic heterocycles. The predicted octanol–water partition coefficient (Wildman–Crippen LogP) is 1.96. The molecule has 2 bridgehead atoms. The van der Waals surface area contributed by atoms with Crippen molar-refractivity contribution in [2.75, 3.05) is 7.11 Å². The Bertz CT molecular complexity index is 953. The van der Waals surface area contributed by atoms with Crippen molar-refractivity contribution in [1.29, 1.82) is 0 Å². The van der Waals surface area contributed by atoms with Gasteiger partial charge in [-0.25, -0.2) is 4.79 Å². The van der Waals surface area contributed by atoms with E-state index in [1.54, 1.807) is 37.3 Å². The number of allylic oxidation sites excluding steroid dienone is 6. The zero-order chi connectivity index (χ0) is 27.7. The summed E-state index contributed by atoms with van der Waals surface area (Å²) in [5.74, 6) is -4.95. The summed E-state index contributed by atoms with van der Waals surface area (Å²) in [4.78, 5) is 23.9. The van der Waals surface area contributed by atoms with Gasteiger partial charge in [-0.1, -0.05) is 48.6 Å². The summed E-state index contributed by atoms with van der Waals surface area (Å²) in [7, 11) is 1.47. The van der Waals surface area contributed by atoms with Gasteiger partial charge in [0.05, 0.1) is 30.5 Å². The Kier molecular flexibility index (Phi) is 11.0. The minimum atomic E-state index is -1.94. The molecule has 3 aliphatic heterocycles. The van der Waals surface area contributed by atoms with Gasteiger partial charge in [0.1, 0.15) is 18.1 Å². The van der Waals surface area contributed by atoms with Crippen LogP contribution in [0.5, 0.6) is 0 Å². The molecule has 0 amide bonds. The zero-order valence-corrected chi connectivity index (χ0v) is 21.7. The largest absolute Gasteiger partial charge is 0.481 e. The number of methoxy groups -OCH3 is 1. The first-order valence-electron chi connectivity index (χ1n) is 12.8. The molecule has 2 fully saturated rings. The van der Waals surface area contributed by atoms with E-state index in [1.165, 1.54) is 13.2 Å². The van der Waals surface area contributed by atoms with Crippen molar-refractivity contribution in [2.45, 2.75) is 87.5 Å². The third-order valence-electron chi connectivity index (χ3n) is 6.67. The molecular weight excluding hydrogens is 496 g/mol. The van der Waals surface area contributed by atoms with Gasteiger partial charge < -0.3 is 39.4 Å². The first-order chi connectivity index (χ1) is 18.1. The highest BCUT2D eigenvalue weighted by molar-refractivity contribution is 5.82. The highest BCUT2D eigenvalue weighted by Gasteiger charge is 2.50. The van der Waals surface area contributed by atoms with Crippen molar-refractivity contribution in [1.82, 2.24) is 0 Å². The summed E-state index contributed by atoms with van der Waals surface area (Å²) in [6.45, 7) is 1.80. The number of epoxide rings is 1. The number of rotatable bonds is 2. The van der Waals surface area contributed by atoms with Crippen molar-refractivity contribution < 1.29 is 49.0 Å². The molecule has 10 nitrogen and oxygen atoms in total. The van der Waals surface area contributed by atoms with Crippen LogP contribution in [0.3, 0.4) is 0 Å². The predicted molar refractivity (Wildman–Crippen MR) is 137 cm³/mol. The molecule has 2 saturated heterocycles. The van der Waals surface area contributed by atoms with Crippen LogP contribution >= 0.6 is 0 Å². The average molecular weight is 535 g/mol. The molecule has 0 radical (unpaired) electrons. The van der Waals surface area contributed by atoms with Crippen molar-refractivity contribution in [2.24, 2.45) is 5.92 Å². The van der Waals surface area contributed by atoms with E-state index in [9.17, 15) is 30.0 Å². The summed E-state index contributed by atoms with van der Waals surface area (Å²) in [5, 5.41) is 42.0. The van der Waals surface area contributed by atoms with Crippen molar-refractivity contribution >= 4 is 11.9 Å². The van der Waals surface area contributed by atoms with E-state index in [-0.39, 0.29) is 44.0 Å². The van der Waals surface area contributed by atoms with Gasteiger partial charge in [0.15, 0.2) is 5.79 Å². The number of cyclic esters (lactones) is 1. The topological polar surface area (TPSA) is 155 Å². The number of fused-ring (bicyclic) bond motifs is 3. The van der Waals surface area contributed by atoms with Crippen LogP contribution < -0.4 is 0 Å². The number of aliphatic carboxylic acids is 1. The Morgan fingerprint density at radius 2 is 1.74 bits per heavy atom. The van der Waals surface area contributed by atoms with E-state index in [0.717, 1.165) is 0 Å². The lowest BCUT2D eigenvalue weighted by atomic mass is 9.83. The zero-order valence-electron chi connectivity index (χ0n) is 21.7. The van der Waals surface area contributed by atoms with Crippen LogP contribution in [-0.4, -0.2) is 88.0 Å². The second kappa shape index (κ2) is 14.0. The van der Waals surface area contributed by atoms with E-state index >= 15 is 0 Å². The molecule has 3 heterocycles. The van der Waals surface area contributed by atoms with Gasteiger partial charge in [0.25, 0.3) is 0 Å². The summed E-state index contributed by atoms with van der Waals surface area (Å²) >= 11 is 0. The molecule has 3 rings (SSSR count). The third kappa shape index (κ3) is 9.30. The molecule has 0 aromatic carbocycles. The molecule has 38 heavy (non-hydrogen) atoms. The summed E-state index contributed by atoms with van der Waals surface area (Å²) in [6, 6.07) is 0. The molecule has 0 aliphatic carbocycles. The standard InChI is InChI=1S/C28H38O10/c1-18-10-8-6-4-3-5-7-9-11-20(35-2)15-24-26(27(32)33)21(30)17-28(34,38-24)16-19(29)14-23-22(37-23)12-13-25(31)36-18/h3-9,11-13,18-24,26,29-30,34H,10,14-17H2,1-2H3,(H,32,33)/b4-3+,7-5+,8-6+,11-9+,13-12+/t18-,19+,20?,21+,22-,23-,24+,26?,28-/m1/s1. The number of hydrogen-bond acceptors (Lipinski definition) is 9. The molecule has 4 N–H and O–H groups in total. The van der Waals surface area contributed by atoms with E-state index < -0.39 is 48.1 Å². The lowest BCUT2D eigenvalue weighted by Crippen LogP contribution is -2.56. The molecule has 2 unspecified atom stereocenters. The number of hydrogen-bond donors (Lipinski definition) is 4. The summed E-state index contributed by atoms with van der Waals surface area (Å²) in [5.41, 5.74) is 0. The number of aliphatic hydroxyl groups is 3. The van der Waals surface area contributed by atoms with E-state index in [1.807, 2.05) is 24.3 Å². The average Bonchev–Trinajstić information content (AvgIpc) is 3.56. The Morgan fingerprint density at radius 3 is 2.45 bits per heavy atom. The lowest BCUT2D eigenvalue weighted by molar-refractivity contribution is -0.300. The minimum absolute atomic E-state index is 0.0682. The number of carbonyl (C=O) groups is 2. The van der Waals surface area contributed by atoms with E-state index in [2.05, 4.69) is 0 Å². The van der Waals surface area contributed by atoms with Crippen molar-refractivity contribution in [3.05, 3.63) is 60.8 Å². The SMILES string of the molecule is COC1/C=C/C=C/C=C/C=C/C[C@@H](C)OC(=O)/C=C/[C@H]2O[C@@H]2C[C@H](O)C[C@]2(O)C[C@H](O)C(C(=O)O)[C@H](C1)O2. The number of carboxylic acids is 1. The first-order valence-corrected chi connectivity index (χ1v) is 12.8. The van der Waals surface area contributed by atoms with Crippen LogP contribution in [-0.2, 0) is 28.5 Å². The van der Waals surface area contributed by atoms with Gasteiger partial charge in [-0.2, -0.15) is 0 Å². The van der Waals surface area contributed by atoms with Crippen LogP contribution in [0, 0.1) is 5.92 Å². The van der Waals surface area contributed by atoms with E-state index in [0.29, 0.717) is 6.42 Å². The van der Waals surface area contributed by atoms with Gasteiger partial charge in [0.2, 0.25) is 0 Å². The van der Waals surface area contributed by atoms with Crippen LogP contribution in [0.2, 0.25) is 0 Å². The van der Waals surface area contributed by atoms with Gasteiger partial charge >= 0.3 is 11.9 Å². The lowest BCUT2D eigenvalue weighted by Gasteiger charge is -2.44. The molecule has 0 spiro atoms. The van der Waals surface area contributed by atoms with Crippen molar-refractivity contribution in [3.8, 4) is 0 Å². The highest BCUT2D eigenvalue weighted by atomic mass is 16.6. The van der Waals surface area contributed by atoms with Crippen LogP contribution in [0.25, 0.3) is 0 Å². The van der Waals surface area contributed by atoms with Crippen LogP contribution in [0.4, 0.5) is 0 Å². The Balaban J connectivity index is 1.77. The smallest absolute Gasteiger partial charge is 0.330 e. The number of carbonyl (C=O) groups excluding carboxylic acids is 1. The fraction of sp³-hybridized carbons (Fsp3) is 0.571. The maximum atomic E-state index is 12.0. The summed E-state index contributed by atoms with van der Waals surface area (Å²) in [6.07, 6.45) is 12.4. The monoisotopic (exact) mass is 534 g/mol. The van der Waals surface area contributed by atoms with Crippen LogP contribution in [0.1, 0.15) is 39.0 Å². The van der Waals surface area contributed by atoms with Gasteiger partial charge in [0, 0.05) is 45.3 Å². The van der Waals surface area contributed by atoms with Gasteiger partial charge in [-0.3, -0.25) is 4.79 Å². The Labute approximate surface area is 222 Å². The van der Waals surface area contributed by atoms with Crippen molar-refractivity contribution in [3.63, 3.8) is 0 Å². The van der Waals surface area contributed by atoms with E-state index in [4.69, 9.17) is 18.9 Å². The summed E-state index contributed by atoms with van der Waals surface area (Å²) < 4.78 is 22.1. The maximum Gasteiger partial charge on any atom is 0.330 e. The molecule has 0 saturated carbocycles. The first kappa shape index (κ1) is 29.9. The normalized spacial score (nSPS) is 43.3. The molecule has 3 aliphatic rings. The minimum Gasteiger partial charge on any atom is -0.481 e. The maximum absolute atomic E-state index is 12.0. The molecule has 10 heteroatoms. The third-order valence-corrected chi connectivity index (χ3v) is 6.67. The second-order valence-electron chi connectivity index (χ2n) is 9.91. The Hall–Kier alpha value is -2.60. The second-order valence-corrected chi connectivity index (χ2v) is 9.91. The molecule has 9 atom stereocenters.